The fourth-order valence-electron chi connectivity index (χ4n) is 4.64. The van der Waals surface area contributed by atoms with E-state index in [9.17, 15) is 8.42 Å². The van der Waals surface area contributed by atoms with Gasteiger partial charge < -0.3 is 9.47 Å². The molecule has 0 aliphatic rings. The van der Waals surface area contributed by atoms with E-state index in [-0.39, 0.29) is 26.2 Å². The van der Waals surface area contributed by atoms with Crippen LogP contribution < -0.4 is 9.47 Å². The van der Waals surface area contributed by atoms with Gasteiger partial charge in [0.05, 0.1) is 14.3 Å². The molecule has 0 aliphatic heterocycles. The van der Waals surface area contributed by atoms with Gasteiger partial charge in [0.2, 0.25) is 9.84 Å². The first-order chi connectivity index (χ1) is 19.4. The lowest BCUT2D eigenvalue weighted by molar-refractivity contribution is 0.131. The standard InChI is InChI=1S/C35H38Br2O4S/c1-33(2,3)29-19-9-23(21-30(29)36)35(7,8)24-10-20-32(31(37)22-24)40-25-11-15-27(16-12-25)42(38,39)28-17-13-26(14-18-28)41-34(4,5)6/h9-22H,1-8H3. The van der Waals surface area contributed by atoms with Crippen LogP contribution in [0, 0.1) is 0 Å². The average molecular weight is 715 g/mol. The summed E-state index contributed by atoms with van der Waals surface area (Å²) in [6, 6.07) is 25.7. The number of sulfone groups is 1. The molecule has 0 unspecified atom stereocenters. The Hall–Kier alpha value is -2.61. The summed E-state index contributed by atoms with van der Waals surface area (Å²) in [5, 5.41) is 0. The zero-order valence-electron chi connectivity index (χ0n) is 25.4. The molecule has 0 fully saturated rings. The van der Waals surface area contributed by atoms with Crippen molar-refractivity contribution in [2.24, 2.45) is 0 Å². The molecule has 0 radical (unpaired) electrons. The highest BCUT2D eigenvalue weighted by Crippen LogP contribution is 2.40. The van der Waals surface area contributed by atoms with Gasteiger partial charge in [0.25, 0.3) is 0 Å². The lowest BCUT2D eigenvalue weighted by Crippen LogP contribution is -2.22. The first kappa shape index (κ1) is 32.3. The molecule has 42 heavy (non-hydrogen) atoms. The van der Waals surface area contributed by atoms with Crippen molar-refractivity contribution in [3.8, 4) is 17.2 Å². The molecule has 4 nitrogen and oxygen atoms in total. The Morgan fingerprint density at radius 1 is 0.595 bits per heavy atom. The van der Waals surface area contributed by atoms with Gasteiger partial charge in [-0.05, 0) is 126 Å². The van der Waals surface area contributed by atoms with Gasteiger partial charge in [-0.2, -0.15) is 0 Å². The van der Waals surface area contributed by atoms with Gasteiger partial charge in [-0.3, -0.25) is 0 Å². The number of hydrogen-bond donors (Lipinski definition) is 0. The van der Waals surface area contributed by atoms with Crippen LogP contribution >= 0.6 is 31.9 Å². The molecule has 0 amide bonds. The third-order valence-electron chi connectivity index (χ3n) is 7.07. The Labute approximate surface area is 267 Å². The summed E-state index contributed by atoms with van der Waals surface area (Å²) in [6.07, 6.45) is 0. The number of rotatable bonds is 7. The predicted octanol–water partition coefficient (Wildman–Crippen LogP) is 10.6. The molecule has 0 aromatic heterocycles. The summed E-state index contributed by atoms with van der Waals surface area (Å²) >= 11 is 7.46. The summed E-state index contributed by atoms with van der Waals surface area (Å²) in [5.41, 5.74) is 3.06. The molecule has 0 spiro atoms. The molecule has 0 saturated heterocycles. The van der Waals surface area contributed by atoms with Gasteiger partial charge in [-0.25, -0.2) is 8.42 Å². The molecule has 0 aliphatic carbocycles. The van der Waals surface area contributed by atoms with Crippen molar-refractivity contribution in [3.05, 3.63) is 111 Å². The Balaban J connectivity index is 1.51. The van der Waals surface area contributed by atoms with Crippen molar-refractivity contribution in [3.63, 3.8) is 0 Å². The largest absolute Gasteiger partial charge is 0.488 e. The fourth-order valence-corrected chi connectivity index (χ4v) is 7.34. The van der Waals surface area contributed by atoms with Crippen LogP contribution in [0.15, 0.2) is 104 Å². The maximum atomic E-state index is 13.2. The zero-order valence-corrected chi connectivity index (χ0v) is 29.4. The van der Waals surface area contributed by atoms with E-state index in [0.717, 1.165) is 14.5 Å². The minimum Gasteiger partial charge on any atom is -0.488 e. The van der Waals surface area contributed by atoms with Crippen LogP contribution in [0.3, 0.4) is 0 Å². The van der Waals surface area contributed by atoms with Crippen molar-refractivity contribution in [2.75, 3.05) is 0 Å². The molecule has 0 saturated carbocycles. The highest BCUT2D eigenvalue weighted by molar-refractivity contribution is 9.10. The van der Waals surface area contributed by atoms with E-state index in [0.29, 0.717) is 17.2 Å². The molecule has 4 aromatic rings. The molecule has 4 rings (SSSR count). The lowest BCUT2D eigenvalue weighted by atomic mass is 9.76. The van der Waals surface area contributed by atoms with E-state index in [4.69, 9.17) is 9.47 Å². The molecular formula is C35H38Br2O4S. The van der Waals surface area contributed by atoms with E-state index in [2.05, 4.69) is 96.8 Å². The Morgan fingerprint density at radius 3 is 1.52 bits per heavy atom. The summed E-state index contributed by atoms with van der Waals surface area (Å²) in [4.78, 5) is 0.401. The molecule has 4 aromatic carbocycles. The average Bonchev–Trinajstić information content (AvgIpc) is 2.88. The maximum Gasteiger partial charge on any atom is 0.206 e. The quantitative estimate of drug-likeness (QED) is 0.191. The lowest BCUT2D eigenvalue weighted by Gasteiger charge is -2.29. The number of ether oxygens (including phenoxy) is 2. The second-order valence-corrected chi connectivity index (χ2v) is 16.6. The Bertz CT molecular complexity index is 1680. The van der Waals surface area contributed by atoms with Crippen molar-refractivity contribution >= 4 is 41.7 Å². The van der Waals surface area contributed by atoms with E-state index in [1.807, 2.05) is 26.8 Å². The molecule has 0 heterocycles. The van der Waals surface area contributed by atoms with Crippen molar-refractivity contribution in [1.29, 1.82) is 0 Å². The first-order valence-electron chi connectivity index (χ1n) is 13.8. The molecule has 0 N–H and O–H groups in total. The van der Waals surface area contributed by atoms with Crippen molar-refractivity contribution in [1.82, 2.24) is 0 Å². The number of hydrogen-bond acceptors (Lipinski definition) is 4. The third-order valence-corrected chi connectivity index (χ3v) is 10.1. The van der Waals surface area contributed by atoms with Gasteiger partial charge in [0.1, 0.15) is 22.8 Å². The minimum atomic E-state index is -3.68. The Kier molecular flexibility index (Phi) is 9.09. The predicted molar refractivity (Wildman–Crippen MR) is 178 cm³/mol. The zero-order chi connectivity index (χ0) is 31.1. The third kappa shape index (κ3) is 7.29. The smallest absolute Gasteiger partial charge is 0.206 e. The van der Waals surface area contributed by atoms with Crippen LogP contribution in [0.5, 0.6) is 17.2 Å². The summed E-state index contributed by atoms with van der Waals surface area (Å²) in [6.45, 7) is 16.9. The van der Waals surface area contributed by atoms with Gasteiger partial charge in [0.15, 0.2) is 0 Å². The SMILES string of the molecule is CC(C)(C)Oc1ccc(S(=O)(=O)c2ccc(Oc3ccc(C(C)(C)c4ccc(C(C)(C)C)c(Br)c4)cc3Br)cc2)cc1. The topological polar surface area (TPSA) is 52.6 Å². The van der Waals surface area contributed by atoms with Crippen LogP contribution in [0.2, 0.25) is 0 Å². The van der Waals surface area contributed by atoms with Gasteiger partial charge in [-0.15, -0.1) is 0 Å². The van der Waals surface area contributed by atoms with Crippen molar-refractivity contribution < 1.29 is 17.9 Å². The summed E-state index contributed by atoms with van der Waals surface area (Å²) < 4.78 is 40.3. The van der Waals surface area contributed by atoms with E-state index < -0.39 is 9.84 Å². The van der Waals surface area contributed by atoms with Crippen LogP contribution in [0.4, 0.5) is 0 Å². The number of benzene rings is 4. The van der Waals surface area contributed by atoms with Gasteiger partial charge in [-0.1, -0.05) is 68.7 Å². The second-order valence-electron chi connectivity index (χ2n) is 13.0. The molecular weight excluding hydrogens is 676 g/mol. The normalized spacial score (nSPS) is 12.7. The number of halogens is 2. The van der Waals surface area contributed by atoms with Crippen molar-refractivity contribution in [2.45, 2.75) is 81.6 Å². The monoisotopic (exact) mass is 712 g/mol. The Morgan fingerprint density at radius 2 is 1.07 bits per heavy atom. The fraction of sp³-hybridized carbons (Fsp3) is 0.314. The molecule has 7 heteroatoms. The van der Waals surface area contributed by atoms with Crippen LogP contribution in [0.1, 0.15) is 72.1 Å². The summed E-state index contributed by atoms with van der Waals surface area (Å²) in [5.74, 6) is 1.80. The summed E-state index contributed by atoms with van der Waals surface area (Å²) in [7, 11) is -3.68. The molecule has 0 bridgehead atoms. The second kappa shape index (κ2) is 11.8. The first-order valence-corrected chi connectivity index (χ1v) is 16.9. The maximum absolute atomic E-state index is 13.2. The van der Waals surface area contributed by atoms with E-state index in [1.54, 1.807) is 48.5 Å². The van der Waals surface area contributed by atoms with Crippen LogP contribution in [-0.4, -0.2) is 14.0 Å². The van der Waals surface area contributed by atoms with E-state index in [1.165, 1.54) is 11.1 Å². The highest BCUT2D eigenvalue weighted by Gasteiger charge is 2.27. The highest BCUT2D eigenvalue weighted by atomic mass is 79.9. The van der Waals surface area contributed by atoms with Gasteiger partial charge >= 0.3 is 0 Å². The van der Waals surface area contributed by atoms with E-state index >= 15 is 0 Å². The van der Waals surface area contributed by atoms with Gasteiger partial charge in [0, 0.05) is 9.89 Å². The van der Waals surface area contributed by atoms with Crippen LogP contribution in [0.25, 0.3) is 0 Å². The minimum absolute atomic E-state index is 0.0544. The molecule has 0 atom stereocenters. The van der Waals surface area contributed by atoms with Crippen LogP contribution in [-0.2, 0) is 20.7 Å². The molecule has 222 valence electrons.